The van der Waals surface area contributed by atoms with Crippen LogP contribution < -0.4 is 14.8 Å². The SMILES string of the molecule is COc1ccc(/C(C#N)=C/c2cc(Cl)ccc2OCC(=O)Nc2ccccc2)cc1. The van der Waals surface area contributed by atoms with Crippen LogP contribution in [0.1, 0.15) is 11.1 Å². The molecule has 0 aliphatic rings. The summed E-state index contributed by atoms with van der Waals surface area (Å²) in [4.78, 5) is 12.2. The molecule has 0 bridgehead atoms. The van der Waals surface area contributed by atoms with Gasteiger partial charge in [0.25, 0.3) is 5.91 Å². The summed E-state index contributed by atoms with van der Waals surface area (Å²) in [5.41, 5.74) is 2.44. The fourth-order valence-electron chi connectivity index (χ4n) is 2.73. The molecule has 6 heteroatoms. The molecule has 0 aliphatic carbocycles. The predicted molar refractivity (Wildman–Crippen MR) is 118 cm³/mol. The third-order valence-corrected chi connectivity index (χ3v) is 4.44. The number of halogens is 1. The molecule has 0 aliphatic heterocycles. The molecule has 1 N–H and O–H groups in total. The van der Waals surface area contributed by atoms with E-state index in [1.54, 1.807) is 67.8 Å². The highest BCUT2D eigenvalue weighted by Crippen LogP contribution is 2.28. The van der Waals surface area contributed by atoms with Gasteiger partial charge in [-0.25, -0.2) is 0 Å². The van der Waals surface area contributed by atoms with E-state index in [2.05, 4.69) is 11.4 Å². The zero-order valence-electron chi connectivity index (χ0n) is 16.3. The molecule has 0 spiro atoms. The molecule has 3 aromatic rings. The molecule has 30 heavy (non-hydrogen) atoms. The quantitative estimate of drug-likeness (QED) is 0.410. The average molecular weight is 419 g/mol. The van der Waals surface area contributed by atoms with Gasteiger partial charge in [-0.3, -0.25) is 4.79 Å². The fraction of sp³-hybridized carbons (Fsp3) is 0.0833. The Hall–Kier alpha value is -3.75. The van der Waals surface area contributed by atoms with Crippen molar-refractivity contribution in [2.45, 2.75) is 0 Å². The lowest BCUT2D eigenvalue weighted by atomic mass is 10.0. The zero-order valence-corrected chi connectivity index (χ0v) is 17.0. The van der Waals surface area contributed by atoms with Crippen LogP contribution in [0.25, 0.3) is 11.6 Å². The Balaban J connectivity index is 1.79. The predicted octanol–water partition coefficient (Wildman–Crippen LogP) is 5.43. The average Bonchev–Trinajstić information content (AvgIpc) is 2.77. The Labute approximate surface area is 180 Å². The van der Waals surface area contributed by atoms with Gasteiger partial charge in [-0.2, -0.15) is 5.26 Å². The highest BCUT2D eigenvalue weighted by Gasteiger charge is 2.09. The van der Waals surface area contributed by atoms with Crippen LogP contribution in [0.15, 0.2) is 72.8 Å². The number of hydrogen-bond acceptors (Lipinski definition) is 4. The van der Waals surface area contributed by atoms with Crippen molar-refractivity contribution in [2.75, 3.05) is 19.0 Å². The number of anilines is 1. The third kappa shape index (κ3) is 5.63. The van der Waals surface area contributed by atoms with Gasteiger partial charge in [0, 0.05) is 16.3 Å². The van der Waals surface area contributed by atoms with Crippen molar-refractivity contribution in [1.29, 1.82) is 5.26 Å². The van der Waals surface area contributed by atoms with Gasteiger partial charge in [0.15, 0.2) is 6.61 Å². The lowest BCUT2D eigenvalue weighted by Crippen LogP contribution is -2.20. The van der Waals surface area contributed by atoms with Crippen molar-refractivity contribution in [1.82, 2.24) is 0 Å². The molecule has 3 aromatic carbocycles. The summed E-state index contributed by atoms with van der Waals surface area (Å²) in [7, 11) is 1.58. The Kier molecular flexibility index (Phi) is 7.09. The molecule has 1 amide bonds. The summed E-state index contributed by atoms with van der Waals surface area (Å²) in [5, 5.41) is 12.9. The summed E-state index contributed by atoms with van der Waals surface area (Å²) < 4.78 is 10.9. The van der Waals surface area contributed by atoms with E-state index in [0.717, 1.165) is 5.56 Å². The zero-order chi connectivity index (χ0) is 21.3. The molecule has 0 saturated heterocycles. The lowest BCUT2D eigenvalue weighted by molar-refractivity contribution is -0.118. The molecule has 0 aromatic heterocycles. The van der Waals surface area contributed by atoms with Gasteiger partial charge < -0.3 is 14.8 Å². The normalized spacial score (nSPS) is 10.8. The second-order valence-corrected chi connectivity index (χ2v) is 6.72. The third-order valence-electron chi connectivity index (χ3n) is 4.21. The monoisotopic (exact) mass is 418 g/mol. The van der Waals surface area contributed by atoms with Crippen LogP contribution in [0.5, 0.6) is 11.5 Å². The summed E-state index contributed by atoms with van der Waals surface area (Å²) >= 11 is 6.14. The van der Waals surface area contributed by atoms with Crippen LogP contribution in [0.3, 0.4) is 0 Å². The molecule has 0 fully saturated rings. The maximum absolute atomic E-state index is 12.2. The summed E-state index contributed by atoms with van der Waals surface area (Å²) in [5.74, 6) is 0.859. The van der Waals surface area contributed by atoms with Crippen LogP contribution in [0.2, 0.25) is 5.02 Å². The van der Waals surface area contributed by atoms with Crippen molar-refractivity contribution < 1.29 is 14.3 Å². The minimum absolute atomic E-state index is 0.179. The first-order valence-corrected chi connectivity index (χ1v) is 9.50. The van der Waals surface area contributed by atoms with Gasteiger partial charge in [0.05, 0.1) is 18.8 Å². The van der Waals surface area contributed by atoms with E-state index in [4.69, 9.17) is 21.1 Å². The molecular formula is C24H19ClN2O3. The van der Waals surface area contributed by atoms with Gasteiger partial charge in [0.2, 0.25) is 0 Å². The van der Waals surface area contributed by atoms with E-state index in [0.29, 0.717) is 33.3 Å². The first kappa shape index (κ1) is 21.0. The number of carbonyl (C=O) groups excluding carboxylic acids is 1. The van der Waals surface area contributed by atoms with E-state index in [1.807, 2.05) is 18.2 Å². The first-order valence-electron chi connectivity index (χ1n) is 9.12. The molecule has 0 atom stereocenters. The number of nitriles is 1. The van der Waals surface area contributed by atoms with Gasteiger partial charge in [-0.05, 0) is 66.2 Å². The van der Waals surface area contributed by atoms with E-state index in [9.17, 15) is 10.1 Å². The minimum atomic E-state index is -0.290. The second-order valence-electron chi connectivity index (χ2n) is 6.28. The van der Waals surface area contributed by atoms with Gasteiger partial charge in [0.1, 0.15) is 11.5 Å². The van der Waals surface area contributed by atoms with Crippen LogP contribution in [0, 0.1) is 11.3 Å². The van der Waals surface area contributed by atoms with Crippen molar-refractivity contribution in [3.63, 3.8) is 0 Å². The van der Waals surface area contributed by atoms with Crippen LogP contribution in [0.4, 0.5) is 5.69 Å². The van der Waals surface area contributed by atoms with Crippen molar-refractivity contribution in [3.8, 4) is 17.6 Å². The fourth-order valence-corrected chi connectivity index (χ4v) is 2.91. The number of para-hydroxylation sites is 1. The molecule has 0 saturated carbocycles. The van der Waals surface area contributed by atoms with E-state index < -0.39 is 0 Å². The topological polar surface area (TPSA) is 71.3 Å². The van der Waals surface area contributed by atoms with Crippen molar-refractivity contribution in [2.24, 2.45) is 0 Å². The number of methoxy groups -OCH3 is 1. The number of nitrogens with one attached hydrogen (secondary N) is 1. The number of hydrogen-bond donors (Lipinski definition) is 1. The van der Waals surface area contributed by atoms with Crippen molar-refractivity contribution in [3.05, 3.63) is 88.9 Å². The molecule has 5 nitrogen and oxygen atoms in total. The molecule has 150 valence electrons. The Morgan fingerprint density at radius 3 is 2.50 bits per heavy atom. The number of carbonyl (C=O) groups is 1. The minimum Gasteiger partial charge on any atom is -0.497 e. The summed E-state index contributed by atoms with van der Waals surface area (Å²) in [6.45, 7) is -0.179. The molecule has 0 radical (unpaired) electrons. The number of allylic oxidation sites excluding steroid dienone is 1. The smallest absolute Gasteiger partial charge is 0.262 e. The van der Waals surface area contributed by atoms with Gasteiger partial charge in [-0.15, -0.1) is 0 Å². The van der Waals surface area contributed by atoms with Crippen LogP contribution in [-0.4, -0.2) is 19.6 Å². The highest BCUT2D eigenvalue weighted by atomic mass is 35.5. The maximum Gasteiger partial charge on any atom is 0.262 e. The maximum atomic E-state index is 12.2. The largest absolute Gasteiger partial charge is 0.497 e. The molecule has 0 heterocycles. The second kappa shape index (κ2) is 10.1. The number of nitrogens with zero attached hydrogens (tertiary/aromatic N) is 1. The summed E-state index contributed by atoms with van der Waals surface area (Å²) in [6, 6.07) is 23.5. The number of ether oxygens (including phenoxy) is 2. The first-order chi connectivity index (χ1) is 14.6. The van der Waals surface area contributed by atoms with Crippen LogP contribution in [-0.2, 0) is 4.79 Å². The standard InChI is InChI=1S/C24H19ClN2O3/c1-29-22-10-7-17(8-11-22)19(15-26)13-18-14-20(25)9-12-23(18)30-16-24(28)27-21-5-3-2-4-6-21/h2-14H,16H2,1H3,(H,27,28)/b19-13+. The number of benzene rings is 3. The van der Waals surface area contributed by atoms with E-state index >= 15 is 0 Å². The number of amides is 1. The molecule has 0 unspecified atom stereocenters. The highest BCUT2D eigenvalue weighted by molar-refractivity contribution is 6.30. The lowest BCUT2D eigenvalue weighted by Gasteiger charge is -2.11. The van der Waals surface area contributed by atoms with Gasteiger partial charge in [-0.1, -0.05) is 29.8 Å². The molecular weight excluding hydrogens is 400 g/mol. The van der Waals surface area contributed by atoms with Gasteiger partial charge >= 0.3 is 0 Å². The Bertz CT molecular complexity index is 1090. The molecule has 3 rings (SSSR count). The summed E-state index contributed by atoms with van der Waals surface area (Å²) in [6.07, 6.45) is 1.68. The van der Waals surface area contributed by atoms with E-state index in [-0.39, 0.29) is 12.5 Å². The van der Waals surface area contributed by atoms with Crippen LogP contribution >= 0.6 is 11.6 Å². The number of rotatable bonds is 7. The van der Waals surface area contributed by atoms with E-state index in [1.165, 1.54) is 0 Å². The Morgan fingerprint density at radius 1 is 1.10 bits per heavy atom. The van der Waals surface area contributed by atoms with Crippen molar-refractivity contribution >= 4 is 34.8 Å². The Morgan fingerprint density at radius 2 is 1.83 bits per heavy atom.